The number of ether oxygens (including phenoxy) is 2. The van der Waals surface area contributed by atoms with Crippen molar-refractivity contribution < 1.29 is 9.47 Å². The minimum absolute atomic E-state index is 0.364. The second-order valence-corrected chi connectivity index (χ2v) is 8.06. The zero-order chi connectivity index (χ0) is 20.5. The van der Waals surface area contributed by atoms with Gasteiger partial charge in [-0.1, -0.05) is 12.1 Å². The lowest BCUT2D eigenvalue weighted by molar-refractivity contribution is 0.00990. The van der Waals surface area contributed by atoms with E-state index in [1.165, 1.54) is 29.7 Å². The Balaban J connectivity index is 1.54. The highest BCUT2D eigenvalue weighted by Gasteiger charge is 2.22. The molecule has 0 aromatic heterocycles. The summed E-state index contributed by atoms with van der Waals surface area (Å²) in [6, 6.07) is 6.84. The van der Waals surface area contributed by atoms with Crippen molar-refractivity contribution in [3.63, 3.8) is 0 Å². The summed E-state index contributed by atoms with van der Waals surface area (Å²) in [5, 5.41) is 3.48. The Morgan fingerprint density at radius 1 is 1.21 bits per heavy atom. The summed E-state index contributed by atoms with van der Waals surface area (Å²) < 4.78 is 11.1. The van der Waals surface area contributed by atoms with E-state index in [0.29, 0.717) is 6.10 Å². The van der Waals surface area contributed by atoms with Crippen LogP contribution in [0.15, 0.2) is 23.2 Å². The van der Waals surface area contributed by atoms with Gasteiger partial charge in [0.2, 0.25) is 0 Å². The highest BCUT2D eigenvalue weighted by atomic mass is 16.5. The summed E-state index contributed by atoms with van der Waals surface area (Å²) in [6.45, 7) is 8.46. The molecule has 0 unspecified atom stereocenters. The molecule has 1 saturated heterocycles. The van der Waals surface area contributed by atoms with Gasteiger partial charge in [0, 0.05) is 59.2 Å². The summed E-state index contributed by atoms with van der Waals surface area (Å²) in [6.07, 6.45) is 5.86. The number of benzene rings is 1. The van der Waals surface area contributed by atoms with Gasteiger partial charge < -0.3 is 24.6 Å². The van der Waals surface area contributed by atoms with Crippen LogP contribution in [0.2, 0.25) is 0 Å². The fourth-order valence-corrected chi connectivity index (χ4v) is 4.22. The van der Waals surface area contributed by atoms with Crippen LogP contribution >= 0.6 is 0 Å². The molecule has 2 aliphatic rings. The number of likely N-dealkylation sites (tertiary alicyclic amines) is 1. The SMILES string of the molecule is CCNC(=NCc1ccc2c(c1)CCCN2C)N1CCC(OCCCOC)CC1. The smallest absolute Gasteiger partial charge is 0.194 e. The molecule has 162 valence electrons. The number of aryl methyl sites for hydroxylation is 1. The van der Waals surface area contributed by atoms with Gasteiger partial charge in [-0.2, -0.15) is 0 Å². The molecule has 3 rings (SSSR count). The van der Waals surface area contributed by atoms with Crippen molar-refractivity contribution in [1.82, 2.24) is 10.2 Å². The lowest BCUT2D eigenvalue weighted by Gasteiger charge is -2.34. The van der Waals surface area contributed by atoms with Gasteiger partial charge in [0.05, 0.1) is 12.6 Å². The number of methoxy groups -OCH3 is 1. The Morgan fingerprint density at radius 3 is 2.79 bits per heavy atom. The van der Waals surface area contributed by atoms with Crippen LogP contribution in [-0.4, -0.2) is 70.5 Å². The predicted molar refractivity (Wildman–Crippen MR) is 120 cm³/mol. The van der Waals surface area contributed by atoms with Gasteiger partial charge >= 0.3 is 0 Å². The van der Waals surface area contributed by atoms with Crippen LogP contribution in [0.5, 0.6) is 0 Å². The molecule has 1 aromatic carbocycles. The quantitative estimate of drug-likeness (QED) is 0.411. The highest BCUT2D eigenvalue weighted by Crippen LogP contribution is 2.27. The number of fused-ring (bicyclic) bond motifs is 1. The molecular weight excluding hydrogens is 364 g/mol. The van der Waals surface area contributed by atoms with E-state index in [4.69, 9.17) is 14.5 Å². The van der Waals surface area contributed by atoms with Gasteiger partial charge in [0.15, 0.2) is 5.96 Å². The van der Waals surface area contributed by atoms with Gasteiger partial charge in [-0.3, -0.25) is 0 Å². The number of piperidine rings is 1. The highest BCUT2D eigenvalue weighted by molar-refractivity contribution is 5.80. The third-order valence-electron chi connectivity index (χ3n) is 5.83. The summed E-state index contributed by atoms with van der Waals surface area (Å²) >= 11 is 0. The molecule has 1 fully saturated rings. The van der Waals surface area contributed by atoms with E-state index in [9.17, 15) is 0 Å². The van der Waals surface area contributed by atoms with Crippen LogP contribution in [0, 0.1) is 0 Å². The molecule has 0 radical (unpaired) electrons. The first-order chi connectivity index (χ1) is 14.2. The molecule has 2 aliphatic heterocycles. The molecule has 0 amide bonds. The monoisotopic (exact) mass is 402 g/mol. The minimum Gasteiger partial charge on any atom is -0.385 e. The van der Waals surface area contributed by atoms with Gasteiger partial charge in [0.25, 0.3) is 0 Å². The normalized spacial score (nSPS) is 18.1. The molecule has 2 heterocycles. The van der Waals surface area contributed by atoms with Crippen molar-refractivity contribution >= 4 is 11.6 Å². The maximum Gasteiger partial charge on any atom is 0.194 e. The molecule has 0 aliphatic carbocycles. The Labute approximate surface area is 176 Å². The van der Waals surface area contributed by atoms with Crippen molar-refractivity contribution in [2.75, 3.05) is 58.5 Å². The van der Waals surface area contributed by atoms with E-state index in [1.54, 1.807) is 7.11 Å². The van der Waals surface area contributed by atoms with Crippen molar-refractivity contribution in [3.8, 4) is 0 Å². The molecule has 6 heteroatoms. The Bertz CT molecular complexity index is 656. The van der Waals surface area contributed by atoms with Crippen LogP contribution in [0.4, 0.5) is 5.69 Å². The van der Waals surface area contributed by atoms with E-state index in [1.807, 2.05) is 0 Å². The lowest BCUT2D eigenvalue weighted by Crippen LogP contribution is -2.47. The average molecular weight is 403 g/mol. The first-order valence-corrected chi connectivity index (χ1v) is 11.2. The van der Waals surface area contributed by atoms with Crippen molar-refractivity contribution in [1.29, 1.82) is 0 Å². The summed E-state index contributed by atoms with van der Waals surface area (Å²) in [5.74, 6) is 1.03. The maximum atomic E-state index is 5.99. The number of guanidine groups is 1. The fourth-order valence-electron chi connectivity index (χ4n) is 4.22. The van der Waals surface area contributed by atoms with Crippen molar-refractivity contribution in [2.45, 2.75) is 51.7 Å². The van der Waals surface area contributed by atoms with Crippen LogP contribution < -0.4 is 10.2 Å². The van der Waals surface area contributed by atoms with E-state index >= 15 is 0 Å². The maximum absolute atomic E-state index is 5.99. The van der Waals surface area contributed by atoms with E-state index in [0.717, 1.165) is 71.2 Å². The zero-order valence-corrected chi connectivity index (χ0v) is 18.5. The number of anilines is 1. The third kappa shape index (κ3) is 6.34. The number of aliphatic imine (C=N–C) groups is 1. The summed E-state index contributed by atoms with van der Waals surface area (Å²) in [4.78, 5) is 9.69. The topological polar surface area (TPSA) is 49.3 Å². The van der Waals surface area contributed by atoms with Gasteiger partial charge in [0.1, 0.15) is 0 Å². The summed E-state index contributed by atoms with van der Waals surface area (Å²) in [5.41, 5.74) is 4.14. The molecule has 0 atom stereocenters. The molecule has 6 nitrogen and oxygen atoms in total. The Morgan fingerprint density at radius 2 is 2.03 bits per heavy atom. The second kappa shape index (κ2) is 11.4. The Kier molecular flexibility index (Phi) is 8.62. The number of nitrogens with zero attached hydrogens (tertiary/aromatic N) is 3. The first-order valence-electron chi connectivity index (χ1n) is 11.2. The molecule has 1 N–H and O–H groups in total. The molecule has 0 spiro atoms. The third-order valence-corrected chi connectivity index (χ3v) is 5.83. The zero-order valence-electron chi connectivity index (χ0n) is 18.5. The van der Waals surface area contributed by atoms with Crippen LogP contribution in [0.3, 0.4) is 0 Å². The number of rotatable bonds is 8. The first kappa shape index (κ1) is 21.9. The van der Waals surface area contributed by atoms with Crippen molar-refractivity contribution in [3.05, 3.63) is 29.3 Å². The van der Waals surface area contributed by atoms with Crippen LogP contribution in [0.25, 0.3) is 0 Å². The Hall–Kier alpha value is -1.79. The fraction of sp³-hybridized carbons (Fsp3) is 0.696. The standard InChI is InChI=1S/C23H38N4O2/c1-4-24-23(27-13-10-21(11-14-27)29-16-6-15-28-3)25-18-19-8-9-22-20(17-19)7-5-12-26(22)2/h8-9,17,21H,4-7,10-16,18H2,1-3H3,(H,24,25). The predicted octanol–water partition coefficient (Wildman–Crippen LogP) is 3.05. The van der Waals surface area contributed by atoms with E-state index in [-0.39, 0.29) is 0 Å². The number of hydrogen-bond acceptors (Lipinski definition) is 4. The van der Waals surface area contributed by atoms with Crippen LogP contribution in [-0.2, 0) is 22.4 Å². The van der Waals surface area contributed by atoms with Gasteiger partial charge in [-0.25, -0.2) is 4.99 Å². The largest absolute Gasteiger partial charge is 0.385 e. The molecule has 29 heavy (non-hydrogen) atoms. The molecule has 0 bridgehead atoms. The number of nitrogens with one attached hydrogen (secondary N) is 1. The average Bonchev–Trinajstić information content (AvgIpc) is 2.75. The van der Waals surface area contributed by atoms with Gasteiger partial charge in [-0.15, -0.1) is 0 Å². The summed E-state index contributed by atoms with van der Waals surface area (Å²) in [7, 11) is 3.92. The molecular formula is C23H38N4O2. The van der Waals surface area contributed by atoms with E-state index in [2.05, 4.69) is 47.3 Å². The van der Waals surface area contributed by atoms with Crippen molar-refractivity contribution in [2.24, 2.45) is 4.99 Å². The van der Waals surface area contributed by atoms with Gasteiger partial charge in [-0.05, 0) is 56.2 Å². The molecule has 0 saturated carbocycles. The minimum atomic E-state index is 0.364. The van der Waals surface area contributed by atoms with E-state index < -0.39 is 0 Å². The number of hydrogen-bond donors (Lipinski definition) is 1. The second-order valence-electron chi connectivity index (χ2n) is 8.06. The molecule has 1 aromatic rings. The van der Waals surface area contributed by atoms with Crippen LogP contribution in [0.1, 0.15) is 43.7 Å². The lowest BCUT2D eigenvalue weighted by atomic mass is 10.00.